The van der Waals surface area contributed by atoms with Crippen LogP contribution in [-0.2, 0) is 6.54 Å². The third kappa shape index (κ3) is 2.72. The molecule has 0 saturated carbocycles. The molecule has 1 aliphatic heterocycles. The van der Waals surface area contributed by atoms with Crippen LogP contribution in [0.4, 0.5) is 0 Å². The lowest BCUT2D eigenvalue weighted by Crippen LogP contribution is -3.13. The van der Waals surface area contributed by atoms with E-state index < -0.39 is 0 Å². The lowest BCUT2D eigenvalue weighted by Gasteiger charge is -2.31. The zero-order valence-corrected chi connectivity index (χ0v) is 12.2. The molecule has 1 N–H and O–H groups in total. The summed E-state index contributed by atoms with van der Waals surface area (Å²) in [4.78, 5) is 18.9. The molecule has 2 aromatic heterocycles. The topological polar surface area (TPSA) is 38.8 Å². The fraction of sp³-hybridized carbons (Fsp3) is 0.571. The highest BCUT2D eigenvalue weighted by Gasteiger charge is 2.25. The van der Waals surface area contributed by atoms with Crippen LogP contribution >= 0.6 is 11.3 Å². The summed E-state index contributed by atoms with van der Waals surface area (Å²) in [6.45, 7) is 7.89. The summed E-state index contributed by atoms with van der Waals surface area (Å²) in [6.07, 6.45) is 3.11. The molecule has 1 fully saturated rings. The number of fused-ring (bicyclic) bond motifs is 1. The van der Waals surface area contributed by atoms with E-state index in [1.54, 1.807) is 21.6 Å². The van der Waals surface area contributed by atoms with Crippen molar-refractivity contribution in [1.29, 1.82) is 0 Å². The highest BCUT2D eigenvalue weighted by atomic mass is 32.1. The van der Waals surface area contributed by atoms with Crippen molar-refractivity contribution in [2.45, 2.75) is 26.8 Å². The van der Waals surface area contributed by atoms with E-state index in [1.807, 2.05) is 5.38 Å². The van der Waals surface area contributed by atoms with E-state index in [1.165, 1.54) is 30.8 Å². The second-order valence-electron chi connectivity index (χ2n) is 5.92. The summed E-state index contributed by atoms with van der Waals surface area (Å²) in [5.74, 6) is 1.54. The van der Waals surface area contributed by atoms with Gasteiger partial charge in [-0.15, -0.1) is 11.3 Å². The van der Waals surface area contributed by atoms with Crippen LogP contribution in [0.2, 0.25) is 0 Å². The molecule has 2 aromatic rings. The molecular formula is C14H20N3OS+. The quantitative estimate of drug-likeness (QED) is 0.883. The SMILES string of the molecule is C[C@@H]1C[C@H](C)C[NH+](Cc2cc(=O)n3ccsc3n2)C1. The summed E-state index contributed by atoms with van der Waals surface area (Å²) in [5, 5.41) is 1.91. The minimum atomic E-state index is 0.0405. The lowest BCUT2D eigenvalue weighted by atomic mass is 9.92. The Bertz CT molecular complexity index is 623. The van der Waals surface area contributed by atoms with Crippen molar-refractivity contribution in [3.63, 3.8) is 0 Å². The fourth-order valence-electron chi connectivity index (χ4n) is 3.30. The average Bonchev–Trinajstić information content (AvgIpc) is 2.75. The molecule has 3 atom stereocenters. The van der Waals surface area contributed by atoms with Gasteiger partial charge in [-0.1, -0.05) is 13.8 Å². The number of quaternary nitrogens is 1. The third-order valence-corrected chi connectivity index (χ3v) is 4.62. The van der Waals surface area contributed by atoms with Crippen molar-refractivity contribution >= 4 is 16.3 Å². The predicted octanol–water partition coefficient (Wildman–Crippen LogP) is 0.817. The van der Waals surface area contributed by atoms with E-state index >= 15 is 0 Å². The first kappa shape index (κ1) is 12.8. The average molecular weight is 278 g/mol. The summed E-state index contributed by atoms with van der Waals surface area (Å²) in [7, 11) is 0. The first-order valence-electron chi connectivity index (χ1n) is 6.91. The van der Waals surface area contributed by atoms with E-state index in [0.29, 0.717) is 0 Å². The summed E-state index contributed by atoms with van der Waals surface area (Å²) >= 11 is 1.52. The van der Waals surface area contributed by atoms with Gasteiger partial charge in [-0.3, -0.25) is 9.20 Å². The molecule has 0 aliphatic carbocycles. The van der Waals surface area contributed by atoms with Crippen LogP contribution in [-0.4, -0.2) is 22.5 Å². The number of rotatable bonds is 2. The molecule has 1 aliphatic rings. The Morgan fingerprint density at radius 3 is 2.89 bits per heavy atom. The fourth-order valence-corrected chi connectivity index (χ4v) is 4.04. The molecule has 1 unspecified atom stereocenters. The first-order valence-corrected chi connectivity index (χ1v) is 7.79. The predicted molar refractivity (Wildman–Crippen MR) is 76.7 cm³/mol. The van der Waals surface area contributed by atoms with E-state index in [4.69, 9.17) is 0 Å². The van der Waals surface area contributed by atoms with Gasteiger partial charge in [0.1, 0.15) is 12.2 Å². The Morgan fingerprint density at radius 2 is 2.16 bits per heavy atom. The molecule has 5 heteroatoms. The highest BCUT2D eigenvalue weighted by molar-refractivity contribution is 7.15. The van der Waals surface area contributed by atoms with Gasteiger partial charge in [0.05, 0.1) is 13.1 Å². The number of hydrogen-bond acceptors (Lipinski definition) is 3. The van der Waals surface area contributed by atoms with E-state index in [0.717, 1.165) is 29.0 Å². The van der Waals surface area contributed by atoms with Crippen LogP contribution in [0.3, 0.4) is 0 Å². The molecule has 0 radical (unpaired) electrons. The van der Waals surface area contributed by atoms with Gasteiger partial charge in [-0.05, 0) is 6.42 Å². The maximum Gasteiger partial charge on any atom is 0.258 e. The van der Waals surface area contributed by atoms with Crippen LogP contribution in [0, 0.1) is 11.8 Å². The summed E-state index contributed by atoms with van der Waals surface area (Å²) in [6, 6.07) is 1.69. The number of nitrogens with zero attached hydrogens (tertiary/aromatic N) is 2. The Balaban J connectivity index is 1.83. The van der Waals surface area contributed by atoms with Crippen molar-refractivity contribution in [2.24, 2.45) is 11.8 Å². The van der Waals surface area contributed by atoms with Gasteiger partial charge >= 0.3 is 0 Å². The Hall–Kier alpha value is -1.20. The molecule has 4 nitrogen and oxygen atoms in total. The molecule has 0 spiro atoms. The monoisotopic (exact) mass is 278 g/mol. The minimum Gasteiger partial charge on any atom is -0.329 e. The number of thiazole rings is 1. The van der Waals surface area contributed by atoms with Crippen molar-refractivity contribution in [1.82, 2.24) is 9.38 Å². The number of piperidine rings is 1. The molecular weight excluding hydrogens is 258 g/mol. The molecule has 3 rings (SSSR count). The normalized spacial score (nSPS) is 27.8. The summed E-state index contributed by atoms with van der Waals surface area (Å²) in [5.41, 5.74) is 0.975. The van der Waals surface area contributed by atoms with Crippen molar-refractivity contribution in [2.75, 3.05) is 13.1 Å². The molecule has 0 bridgehead atoms. The molecule has 19 heavy (non-hydrogen) atoms. The molecule has 102 valence electrons. The first-order chi connectivity index (χ1) is 9.11. The van der Waals surface area contributed by atoms with Gasteiger partial charge in [-0.2, -0.15) is 0 Å². The number of likely N-dealkylation sites (tertiary alicyclic amines) is 1. The smallest absolute Gasteiger partial charge is 0.258 e. The van der Waals surface area contributed by atoms with Gasteiger partial charge in [0.15, 0.2) is 4.96 Å². The van der Waals surface area contributed by atoms with E-state index in [9.17, 15) is 4.79 Å². The second-order valence-corrected chi connectivity index (χ2v) is 6.80. The van der Waals surface area contributed by atoms with Gasteiger partial charge in [0.2, 0.25) is 0 Å². The van der Waals surface area contributed by atoms with E-state index in [2.05, 4.69) is 18.8 Å². The van der Waals surface area contributed by atoms with Crippen LogP contribution in [0.5, 0.6) is 0 Å². The molecule has 0 amide bonds. The van der Waals surface area contributed by atoms with Gasteiger partial charge < -0.3 is 4.90 Å². The van der Waals surface area contributed by atoms with Gasteiger partial charge in [-0.25, -0.2) is 4.98 Å². The molecule has 0 aromatic carbocycles. The molecule has 3 heterocycles. The Morgan fingerprint density at radius 1 is 1.42 bits per heavy atom. The zero-order chi connectivity index (χ0) is 13.4. The van der Waals surface area contributed by atoms with Crippen LogP contribution < -0.4 is 10.5 Å². The second kappa shape index (κ2) is 5.06. The van der Waals surface area contributed by atoms with Gasteiger partial charge in [0.25, 0.3) is 5.56 Å². The third-order valence-electron chi connectivity index (χ3n) is 3.87. The van der Waals surface area contributed by atoms with Crippen LogP contribution in [0.1, 0.15) is 26.0 Å². The largest absolute Gasteiger partial charge is 0.329 e. The Labute approximate surface area is 116 Å². The van der Waals surface area contributed by atoms with Crippen molar-refractivity contribution in [3.8, 4) is 0 Å². The zero-order valence-electron chi connectivity index (χ0n) is 11.4. The standard InChI is InChI=1S/C14H19N3OS/c1-10-5-11(2)8-16(7-10)9-12-6-13(18)17-3-4-19-14(17)15-12/h3-4,6,10-11H,5,7-9H2,1-2H3/p+1/t10-,11+. The highest BCUT2D eigenvalue weighted by Crippen LogP contribution is 2.12. The Kier molecular flexibility index (Phi) is 3.41. The summed E-state index contributed by atoms with van der Waals surface area (Å²) < 4.78 is 1.62. The lowest BCUT2D eigenvalue weighted by molar-refractivity contribution is -0.926. The minimum absolute atomic E-state index is 0.0405. The number of aromatic nitrogens is 2. The van der Waals surface area contributed by atoms with Crippen LogP contribution in [0.25, 0.3) is 4.96 Å². The van der Waals surface area contributed by atoms with Gasteiger partial charge in [0, 0.05) is 29.5 Å². The maximum atomic E-state index is 12.0. The van der Waals surface area contributed by atoms with E-state index in [-0.39, 0.29) is 5.56 Å². The van der Waals surface area contributed by atoms with Crippen LogP contribution in [0.15, 0.2) is 22.4 Å². The van der Waals surface area contributed by atoms with Crippen molar-refractivity contribution in [3.05, 3.63) is 33.7 Å². The van der Waals surface area contributed by atoms with Crippen molar-refractivity contribution < 1.29 is 4.90 Å². The molecule has 1 saturated heterocycles. The number of nitrogens with one attached hydrogen (secondary N) is 1. The maximum absolute atomic E-state index is 12.0. The number of hydrogen-bond donors (Lipinski definition) is 1.